The summed E-state index contributed by atoms with van der Waals surface area (Å²) in [5, 5.41) is 0. The van der Waals surface area contributed by atoms with Crippen LogP contribution in [0.25, 0.3) is 0 Å². The van der Waals surface area contributed by atoms with Gasteiger partial charge in [0.05, 0.1) is 11.9 Å². The number of rotatable bonds is 3. The van der Waals surface area contributed by atoms with Gasteiger partial charge in [0.1, 0.15) is 12.4 Å². The average Bonchev–Trinajstić information content (AvgIpc) is 2.28. The Morgan fingerprint density at radius 1 is 1.20 bits per heavy atom. The maximum atomic E-state index is 5.52. The fourth-order valence-electron chi connectivity index (χ4n) is 1.27. The van der Waals surface area contributed by atoms with Crippen LogP contribution in [-0.4, -0.2) is 9.97 Å². The van der Waals surface area contributed by atoms with E-state index in [0.717, 1.165) is 17.1 Å². The van der Waals surface area contributed by atoms with Crippen molar-refractivity contribution in [2.45, 2.75) is 13.5 Å². The standard InChI is InChI=1S/C12H12N2O/c1-10-4-2-5-11(14-10)9-15-12-6-3-7-13-8-12/h2-8H,9H2,1H3. The van der Waals surface area contributed by atoms with E-state index < -0.39 is 0 Å². The molecule has 2 rings (SSSR count). The van der Waals surface area contributed by atoms with Crippen molar-refractivity contribution < 1.29 is 4.74 Å². The molecular formula is C12H12N2O. The van der Waals surface area contributed by atoms with E-state index in [9.17, 15) is 0 Å². The molecule has 0 radical (unpaired) electrons. The van der Waals surface area contributed by atoms with E-state index in [0.29, 0.717) is 6.61 Å². The van der Waals surface area contributed by atoms with Crippen LogP contribution in [0.4, 0.5) is 0 Å². The second-order valence-corrected chi connectivity index (χ2v) is 3.25. The lowest BCUT2D eigenvalue weighted by Gasteiger charge is -2.04. The van der Waals surface area contributed by atoms with E-state index in [4.69, 9.17) is 4.74 Å². The number of hydrogen-bond acceptors (Lipinski definition) is 3. The predicted molar refractivity (Wildman–Crippen MR) is 57.5 cm³/mol. The quantitative estimate of drug-likeness (QED) is 0.762. The Bertz CT molecular complexity index is 429. The highest BCUT2D eigenvalue weighted by atomic mass is 16.5. The molecule has 3 nitrogen and oxygen atoms in total. The summed E-state index contributed by atoms with van der Waals surface area (Å²) in [6.07, 6.45) is 3.41. The summed E-state index contributed by atoms with van der Waals surface area (Å²) in [6, 6.07) is 9.61. The SMILES string of the molecule is Cc1cccc(COc2cccnc2)n1. The number of pyridine rings is 2. The largest absolute Gasteiger partial charge is 0.486 e. The van der Waals surface area contributed by atoms with Crippen molar-refractivity contribution in [1.82, 2.24) is 9.97 Å². The smallest absolute Gasteiger partial charge is 0.138 e. The molecule has 0 N–H and O–H groups in total. The molecule has 0 aliphatic carbocycles. The fourth-order valence-corrected chi connectivity index (χ4v) is 1.27. The van der Waals surface area contributed by atoms with Gasteiger partial charge in [0.25, 0.3) is 0 Å². The zero-order chi connectivity index (χ0) is 10.5. The highest BCUT2D eigenvalue weighted by Crippen LogP contribution is 2.09. The summed E-state index contributed by atoms with van der Waals surface area (Å²) < 4.78 is 5.52. The predicted octanol–water partition coefficient (Wildman–Crippen LogP) is 2.36. The van der Waals surface area contributed by atoms with Gasteiger partial charge in [-0.2, -0.15) is 0 Å². The van der Waals surface area contributed by atoms with Gasteiger partial charge in [0.2, 0.25) is 0 Å². The van der Waals surface area contributed by atoms with Crippen LogP contribution in [-0.2, 0) is 6.61 Å². The van der Waals surface area contributed by atoms with Crippen LogP contribution in [0.5, 0.6) is 5.75 Å². The Labute approximate surface area is 88.8 Å². The zero-order valence-corrected chi connectivity index (χ0v) is 8.55. The Morgan fingerprint density at radius 3 is 2.87 bits per heavy atom. The molecule has 15 heavy (non-hydrogen) atoms. The summed E-state index contributed by atoms with van der Waals surface area (Å²) in [6.45, 7) is 2.45. The summed E-state index contributed by atoms with van der Waals surface area (Å²) in [4.78, 5) is 8.31. The fraction of sp³-hybridized carbons (Fsp3) is 0.167. The topological polar surface area (TPSA) is 35.0 Å². The van der Waals surface area contributed by atoms with Crippen molar-refractivity contribution in [3.63, 3.8) is 0 Å². The van der Waals surface area contributed by atoms with Crippen molar-refractivity contribution in [2.75, 3.05) is 0 Å². The maximum Gasteiger partial charge on any atom is 0.138 e. The molecule has 0 atom stereocenters. The summed E-state index contributed by atoms with van der Waals surface area (Å²) in [5.41, 5.74) is 1.93. The van der Waals surface area contributed by atoms with Crippen LogP contribution in [0, 0.1) is 6.92 Å². The molecule has 76 valence electrons. The molecule has 0 aliphatic rings. The Hall–Kier alpha value is -1.90. The lowest BCUT2D eigenvalue weighted by Crippen LogP contribution is -1.98. The molecule has 0 saturated heterocycles. The van der Waals surface area contributed by atoms with E-state index in [-0.39, 0.29) is 0 Å². The Kier molecular flexibility index (Phi) is 2.93. The first kappa shape index (κ1) is 9.65. The molecule has 0 bridgehead atoms. The lowest BCUT2D eigenvalue weighted by atomic mass is 10.3. The minimum absolute atomic E-state index is 0.480. The van der Waals surface area contributed by atoms with Gasteiger partial charge in [-0.3, -0.25) is 9.97 Å². The first-order valence-corrected chi connectivity index (χ1v) is 4.80. The second kappa shape index (κ2) is 4.55. The van der Waals surface area contributed by atoms with E-state index in [1.807, 2.05) is 37.3 Å². The number of aryl methyl sites for hydroxylation is 1. The molecule has 2 heterocycles. The first-order valence-electron chi connectivity index (χ1n) is 4.80. The van der Waals surface area contributed by atoms with Gasteiger partial charge in [-0.05, 0) is 31.2 Å². The summed E-state index contributed by atoms with van der Waals surface area (Å²) in [7, 11) is 0. The van der Waals surface area contributed by atoms with Crippen molar-refractivity contribution in [3.05, 3.63) is 54.1 Å². The lowest BCUT2D eigenvalue weighted by molar-refractivity contribution is 0.300. The van der Waals surface area contributed by atoms with Crippen molar-refractivity contribution in [1.29, 1.82) is 0 Å². The van der Waals surface area contributed by atoms with Gasteiger partial charge < -0.3 is 4.74 Å². The molecule has 0 amide bonds. The second-order valence-electron chi connectivity index (χ2n) is 3.25. The minimum Gasteiger partial charge on any atom is -0.486 e. The molecule has 0 fully saturated rings. The third-order valence-corrected chi connectivity index (χ3v) is 1.97. The molecular weight excluding hydrogens is 188 g/mol. The van der Waals surface area contributed by atoms with Crippen LogP contribution < -0.4 is 4.74 Å². The molecule has 0 spiro atoms. The van der Waals surface area contributed by atoms with E-state index in [2.05, 4.69) is 9.97 Å². The van der Waals surface area contributed by atoms with Gasteiger partial charge in [-0.1, -0.05) is 6.07 Å². The van der Waals surface area contributed by atoms with Crippen LogP contribution in [0.1, 0.15) is 11.4 Å². The van der Waals surface area contributed by atoms with Gasteiger partial charge >= 0.3 is 0 Å². The molecule has 0 saturated carbocycles. The Balaban J connectivity index is 1.99. The van der Waals surface area contributed by atoms with E-state index in [1.165, 1.54) is 0 Å². The van der Waals surface area contributed by atoms with Gasteiger partial charge in [0, 0.05) is 11.9 Å². The Morgan fingerprint density at radius 2 is 2.13 bits per heavy atom. The van der Waals surface area contributed by atoms with Crippen molar-refractivity contribution in [2.24, 2.45) is 0 Å². The minimum atomic E-state index is 0.480. The monoisotopic (exact) mass is 200 g/mol. The average molecular weight is 200 g/mol. The third kappa shape index (κ3) is 2.77. The molecule has 2 aromatic rings. The molecule has 0 aromatic carbocycles. The third-order valence-electron chi connectivity index (χ3n) is 1.97. The van der Waals surface area contributed by atoms with E-state index in [1.54, 1.807) is 12.4 Å². The van der Waals surface area contributed by atoms with Gasteiger partial charge in [-0.15, -0.1) is 0 Å². The van der Waals surface area contributed by atoms with Gasteiger partial charge in [0.15, 0.2) is 0 Å². The van der Waals surface area contributed by atoms with E-state index >= 15 is 0 Å². The van der Waals surface area contributed by atoms with Crippen LogP contribution >= 0.6 is 0 Å². The van der Waals surface area contributed by atoms with Crippen molar-refractivity contribution >= 4 is 0 Å². The zero-order valence-electron chi connectivity index (χ0n) is 8.55. The van der Waals surface area contributed by atoms with Gasteiger partial charge in [-0.25, -0.2) is 0 Å². The highest BCUT2D eigenvalue weighted by Gasteiger charge is 1.96. The number of hydrogen-bond donors (Lipinski definition) is 0. The number of ether oxygens (including phenoxy) is 1. The van der Waals surface area contributed by atoms with Crippen molar-refractivity contribution in [3.8, 4) is 5.75 Å². The summed E-state index contributed by atoms with van der Waals surface area (Å²) in [5.74, 6) is 0.765. The number of nitrogens with zero attached hydrogens (tertiary/aromatic N) is 2. The van der Waals surface area contributed by atoms with Crippen LogP contribution in [0.3, 0.4) is 0 Å². The number of aromatic nitrogens is 2. The molecule has 0 unspecified atom stereocenters. The normalized spacial score (nSPS) is 9.93. The first-order chi connectivity index (χ1) is 7.34. The maximum absolute atomic E-state index is 5.52. The highest BCUT2D eigenvalue weighted by molar-refractivity contribution is 5.16. The molecule has 3 heteroatoms. The molecule has 2 aromatic heterocycles. The summed E-state index contributed by atoms with van der Waals surface area (Å²) >= 11 is 0. The van der Waals surface area contributed by atoms with Crippen LogP contribution in [0.15, 0.2) is 42.7 Å². The van der Waals surface area contributed by atoms with Crippen LogP contribution in [0.2, 0.25) is 0 Å². The molecule has 0 aliphatic heterocycles.